The molecule has 0 amide bonds. The second-order valence-electron chi connectivity index (χ2n) is 3.76. The quantitative estimate of drug-likeness (QED) is 0.618. The van der Waals surface area contributed by atoms with E-state index in [1.54, 1.807) is 6.92 Å². The van der Waals surface area contributed by atoms with Gasteiger partial charge in [-0.3, -0.25) is 0 Å². The first-order valence-electron chi connectivity index (χ1n) is 5.24. The zero-order valence-corrected chi connectivity index (χ0v) is 11.5. The van der Waals surface area contributed by atoms with E-state index in [0.29, 0.717) is 5.57 Å². The highest BCUT2D eigenvalue weighted by Crippen LogP contribution is 2.17. The summed E-state index contributed by atoms with van der Waals surface area (Å²) in [4.78, 5) is 11.2. The molecule has 1 aromatic rings. The van der Waals surface area contributed by atoms with Crippen molar-refractivity contribution < 1.29 is 14.3 Å². The highest BCUT2D eigenvalue weighted by molar-refractivity contribution is 9.10. The first-order valence-corrected chi connectivity index (χ1v) is 6.03. The molecular weight excluding hydrogens is 284 g/mol. The number of benzene rings is 1. The lowest BCUT2D eigenvalue weighted by molar-refractivity contribution is -0.141. The molecule has 1 unspecified atom stereocenters. The molecule has 0 aliphatic carbocycles. The number of esters is 1. The number of carbonyl (C=O) groups is 1. The van der Waals surface area contributed by atoms with E-state index in [4.69, 9.17) is 9.47 Å². The highest BCUT2D eigenvalue weighted by Gasteiger charge is 2.09. The van der Waals surface area contributed by atoms with Crippen molar-refractivity contribution in [3.8, 4) is 5.75 Å². The lowest BCUT2D eigenvalue weighted by Crippen LogP contribution is -2.21. The molecular formula is C13H15BrO3. The summed E-state index contributed by atoms with van der Waals surface area (Å²) in [7, 11) is 0. The summed E-state index contributed by atoms with van der Waals surface area (Å²) in [5, 5.41) is 0. The van der Waals surface area contributed by atoms with Crippen LogP contribution in [0.25, 0.3) is 0 Å². The Labute approximate surface area is 110 Å². The van der Waals surface area contributed by atoms with Crippen molar-refractivity contribution in [3.63, 3.8) is 0 Å². The second kappa shape index (κ2) is 6.45. The summed E-state index contributed by atoms with van der Waals surface area (Å²) < 4.78 is 11.6. The van der Waals surface area contributed by atoms with E-state index < -0.39 is 5.97 Å². The molecule has 0 aliphatic heterocycles. The Morgan fingerprint density at radius 2 is 2.00 bits per heavy atom. The number of ether oxygens (including phenoxy) is 2. The molecule has 3 nitrogen and oxygen atoms in total. The fourth-order valence-electron chi connectivity index (χ4n) is 1.10. The fourth-order valence-corrected chi connectivity index (χ4v) is 1.36. The van der Waals surface area contributed by atoms with Crippen molar-refractivity contribution in [2.24, 2.45) is 0 Å². The Morgan fingerprint density at radius 1 is 1.41 bits per heavy atom. The van der Waals surface area contributed by atoms with E-state index in [2.05, 4.69) is 22.5 Å². The predicted octanol–water partition coefficient (Wildman–Crippen LogP) is 3.34. The van der Waals surface area contributed by atoms with Gasteiger partial charge in [0.05, 0.1) is 0 Å². The Hall–Kier alpha value is -1.29. The van der Waals surface area contributed by atoms with E-state index in [9.17, 15) is 4.79 Å². The smallest absolute Gasteiger partial charge is 0.333 e. The second-order valence-corrected chi connectivity index (χ2v) is 4.68. The molecule has 17 heavy (non-hydrogen) atoms. The summed E-state index contributed by atoms with van der Waals surface area (Å²) in [5.74, 6) is 0.350. The predicted molar refractivity (Wildman–Crippen MR) is 70.0 cm³/mol. The molecule has 0 saturated heterocycles. The van der Waals surface area contributed by atoms with Crippen LogP contribution in [-0.4, -0.2) is 18.7 Å². The summed E-state index contributed by atoms with van der Waals surface area (Å²) in [5.41, 5.74) is 0.390. The van der Waals surface area contributed by atoms with Crippen LogP contribution in [0.4, 0.5) is 0 Å². The van der Waals surface area contributed by atoms with E-state index in [0.717, 1.165) is 10.2 Å². The van der Waals surface area contributed by atoms with Crippen LogP contribution in [0.5, 0.6) is 5.75 Å². The summed E-state index contributed by atoms with van der Waals surface area (Å²) in [6.45, 7) is 7.17. The van der Waals surface area contributed by atoms with Crippen molar-refractivity contribution >= 4 is 21.9 Å². The molecule has 0 aliphatic rings. The third-order valence-corrected chi connectivity index (χ3v) is 2.48. The lowest BCUT2D eigenvalue weighted by atomic mass is 10.3. The third-order valence-electron chi connectivity index (χ3n) is 1.95. The van der Waals surface area contributed by atoms with Gasteiger partial charge in [0.25, 0.3) is 0 Å². The van der Waals surface area contributed by atoms with Gasteiger partial charge in [0.15, 0.2) is 0 Å². The highest BCUT2D eigenvalue weighted by atomic mass is 79.9. The molecule has 4 heteroatoms. The molecule has 0 radical (unpaired) electrons. The van der Waals surface area contributed by atoms with Gasteiger partial charge < -0.3 is 9.47 Å². The van der Waals surface area contributed by atoms with E-state index >= 15 is 0 Å². The Balaban J connectivity index is 2.39. The monoisotopic (exact) mass is 298 g/mol. The fraction of sp³-hybridized carbons (Fsp3) is 0.308. The minimum Gasteiger partial charge on any atom is -0.487 e. The molecule has 1 aromatic carbocycles. The van der Waals surface area contributed by atoms with Crippen molar-refractivity contribution in [1.82, 2.24) is 0 Å². The van der Waals surface area contributed by atoms with Crippen LogP contribution < -0.4 is 4.74 Å². The maximum absolute atomic E-state index is 11.2. The normalized spacial score (nSPS) is 11.7. The minimum atomic E-state index is -0.392. The zero-order chi connectivity index (χ0) is 12.8. The zero-order valence-electron chi connectivity index (χ0n) is 9.90. The van der Waals surface area contributed by atoms with Gasteiger partial charge in [-0.05, 0) is 38.1 Å². The van der Waals surface area contributed by atoms with E-state index in [1.165, 1.54) is 0 Å². The van der Waals surface area contributed by atoms with Gasteiger partial charge in [0, 0.05) is 10.0 Å². The molecule has 0 saturated carbocycles. The van der Waals surface area contributed by atoms with Crippen LogP contribution in [0.1, 0.15) is 13.8 Å². The maximum atomic E-state index is 11.2. The molecule has 1 rings (SSSR count). The minimum absolute atomic E-state index is 0.195. The summed E-state index contributed by atoms with van der Waals surface area (Å²) >= 11 is 3.34. The number of carbonyl (C=O) groups excluding carboxylic acids is 1. The van der Waals surface area contributed by atoms with Crippen molar-refractivity contribution in [3.05, 3.63) is 40.9 Å². The van der Waals surface area contributed by atoms with Crippen LogP contribution in [0, 0.1) is 0 Å². The molecule has 0 heterocycles. The van der Waals surface area contributed by atoms with E-state index in [-0.39, 0.29) is 12.7 Å². The number of hydrogen-bond acceptors (Lipinski definition) is 3. The summed E-state index contributed by atoms with van der Waals surface area (Å²) in [6, 6.07) is 7.48. The number of halogens is 1. The van der Waals surface area contributed by atoms with Crippen LogP contribution >= 0.6 is 15.9 Å². The molecule has 0 aromatic heterocycles. The number of rotatable bonds is 5. The average molecular weight is 299 g/mol. The van der Waals surface area contributed by atoms with E-state index in [1.807, 2.05) is 31.2 Å². The van der Waals surface area contributed by atoms with Gasteiger partial charge in [-0.15, -0.1) is 0 Å². The summed E-state index contributed by atoms with van der Waals surface area (Å²) in [6.07, 6.45) is -0.195. The SMILES string of the molecule is C=C(C)C(=O)OCC(C)Oc1ccc(Br)cc1. The van der Waals surface area contributed by atoms with Crippen LogP contribution in [-0.2, 0) is 9.53 Å². The number of hydrogen-bond donors (Lipinski definition) is 0. The Bertz CT molecular complexity index is 398. The third kappa shape index (κ3) is 5.04. The van der Waals surface area contributed by atoms with Gasteiger partial charge in [0.2, 0.25) is 0 Å². The Kier molecular flexibility index (Phi) is 5.22. The van der Waals surface area contributed by atoms with Gasteiger partial charge in [-0.1, -0.05) is 22.5 Å². The molecule has 0 N–H and O–H groups in total. The topological polar surface area (TPSA) is 35.5 Å². The Morgan fingerprint density at radius 3 is 2.53 bits per heavy atom. The van der Waals surface area contributed by atoms with Crippen molar-refractivity contribution in [2.75, 3.05) is 6.61 Å². The molecule has 0 fully saturated rings. The first kappa shape index (κ1) is 13.8. The van der Waals surface area contributed by atoms with Crippen LogP contribution in [0.15, 0.2) is 40.9 Å². The van der Waals surface area contributed by atoms with Crippen molar-refractivity contribution in [1.29, 1.82) is 0 Å². The lowest BCUT2D eigenvalue weighted by Gasteiger charge is -2.14. The largest absolute Gasteiger partial charge is 0.487 e. The van der Waals surface area contributed by atoms with Gasteiger partial charge in [-0.2, -0.15) is 0 Å². The molecule has 92 valence electrons. The van der Waals surface area contributed by atoms with Gasteiger partial charge in [0.1, 0.15) is 18.5 Å². The molecule has 0 spiro atoms. The average Bonchev–Trinajstić information content (AvgIpc) is 2.29. The first-order chi connectivity index (χ1) is 7.99. The van der Waals surface area contributed by atoms with Crippen LogP contribution in [0.2, 0.25) is 0 Å². The standard InChI is InChI=1S/C13H15BrO3/c1-9(2)13(15)16-8-10(3)17-12-6-4-11(14)5-7-12/h4-7,10H,1,8H2,2-3H3. The van der Waals surface area contributed by atoms with Gasteiger partial charge >= 0.3 is 5.97 Å². The maximum Gasteiger partial charge on any atom is 0.333 e. The van der Waals surface area contributed by atoms with Crippen molar-refractivity contribution in [2.45, 2.75) is 20.0 Å². The van der Waals surface area contributed by atoms with Gasteiger partial charge in [-0.25, -0.2) is 4.79 Å². The molecule has 0 bridgehead atoms. The molecule has 1 atom stereocenters. The van der Waals surface area contributed by atoms with Crippen LogP contribution in [0.3, 0.4) is 0 Å².